The van der Waals surface area contributed by atoms with Crippen LogP contribution in [0.1, 0.15) is 24.1 Å². The highest BCUT2D eigenvalue weighted by molar-refractivity contribution is 5.38. The molecule has 0 radical (unpaired) electrons. The van der Waals surface area contributed by atoms with Crippen LogP contribution in [0.15, 0.2) is 18.2 Å². The van der Waals surface area contributed by atoms with Crippen molar-refractivity contribution in [2.75, 3.05) is 20.8 Å². The Morgan fingerprint density at radius 3 is 2.56 bits per heavy atom. The standard InChI is InChI=1S/C13H19F2NO2/c1-9(16-7-13(14)15)10-4-5-12(18-3)11(6-10)8-17-2/h4-6,9,13,16H,7-8H2,1-3H3. The van der Waals surface area contributed by atoms with Gasteiger partial charge in [0.25, 0.3) is 6.43 Å². The molecule has 1 unspecified atom stereocenters. The zero-order chi connectivity index (χ0) is 13.5. The van der Waals surface area contributed by atoms with Crippen molar-refractivity contribution < 1.29 is 18.3 Å². The first-order chi connectivity index (χ1) is 8.58. The zero-order valence-electron chi connectivity index (χ0n) is 10.9. The van der Waals surface area contributed by atoms with Crippen LogP contribution < -0.4 is 10.1 Å². The monoisotopic (exact) mass is 259 g/mol. The van der Waals surface area contributed by atoms with E-state index in [1.807, 2.05) is 25.1 Å². The molecule has 0 saturated heterocycles. The molecule has 0 heterocycles. The van der Waals surface area contributed by atoms with Crippen molar-refractivity contribution in [3.05, 3.63) is 29.3 Å². The minimum Gasteiger partial charge on any atom is -0.496 e. The molecular weight excluding hydrogens is 240 g/mol. The number of methoxy groups -OCH3 is 2. The minimum atomic E-state index is -2.34. The Kier molecular flexibility index (Phi) is 6.01. The lowest BCUT2D eigenvalue weighted by molar-refractivity contribution is 0.142. The van der Waals surface area contributed by atoms with Gasteiger partial charge in [0.1, 0.15) is 5.75 Å². The molecule has 1 aromatic carbocycles. The fourth-order valence-corrected chi connectivity index (χ4v) is 1.72. The number of alkyl halides is 2. The first-order valence-electron chi connectivity index (χ1n) is 5.75. The number of rotatable bonds is 7. The number of nitrogens with one attached hydrogen (secondary N) is 1. The molecule has 1 aromatic rings. The van der Waals surface area contributed by atoms with Gasteiger partial charge in [0.05, 0.1) is 20.3 Å². The fraction of sp³-hybridized carbons (Fsp3) is 0.538. The summed E-state index contributed by atoms with van der Waals surface area (Å²) in [5, 5.41) is 2.77. The van der Waals surface area contributed by atoms with E-state index in [0.29, 0.717) is 6.61 Å². The molecule has 1 atom stereocenters. The second kappa shape index (κ2) is 7.28. The average Bonchev–Trinajstić information content (AvgIpc) is 2.36. The van der Waals surface area contributed by atoms with E-state index in [1.54, 1.807) is 14.2 Å². The van der Waals surface area contributed by atoms with Crippen LogP contribution in [0, 0.1) is 0 Å². The molecule has 0 fully saturated rings. The first kappa shape index (κ1) is 14.9. The largest absolute Gasteiger partial charge is 0.496 e. The maximum atomic E-state index is 12.1. The molecule has 0 aliphatic rings. The van der Waals surface area contributed by atoms with E-state index < -0.39 is 6.43 Å². The molecule has 0 spiro atoms. The van der Waals surface area contributed by atoms with Gasteiger partial charge in [-0.15, -0.1) is 0 Å². The van der Waals surface area contributed by atoms with E-state index in [0.717, 1.165) is 16.9 Å². The molecule has 0 bridgehead atoms. The Morgan fingerprint density at radius 2 is 2.00 bits per heavy atom. The van der Waals surface area contributed by atoms with Gasteiger partial charge >= 0.3 is 0 Å². The van der Waals surface area contributed by atoms with Gasteiger partial charge in [0, 0.05) is 18.7 Å². The molecule has 1 N–H and O–H groups in total. The molecule has 102 valence electrons. The summed E-state index contributed by atoms with van der Waals surface area (Å²) in [6.07, 6.45) is -2.34. The molecule has 18 heavy (non-hydrogen) atoms. The Bertz CT molecular complexity index is 372. The molecule has 0 aliphatic carbocycles. The fourth-order valence-electron chi connectivity index (χ4n) is 1.72. The van der Waals surface area contributed by atoms with Crippen LogP contribution in [-0.4, -0.2) is 27.2 Å². The normalized spacial score (nSPS) is 12.8. The zero-order valence-corrected chi connectivity index (χ0v) is 10.9. The van der Waals surface area contributed by atoms with Crippen LogP contribution in [0.2, 0.25) is 0 Å². The van der Waals surface area contributed by atoms with Gasteiger partial charge in [0.2, 0.25) is 0 Å². The van der Waals surface area contributed by atoms with Gasteiger partial charge in [-0.3, -0.25) is 0 Å². The molecule has 5 heteroatoms. The van der Waals surface area contributed by atoms with Crippen LogP contribution in [0.3, 0.4) is 0 Å². The summed E-state index contributed by atoms with van der Waals surface area (Å²) in [5.74, 6) is 0.738. The van der Waals surface area contributed by atoms with E-state index in [-0.39, 0.29) is 12.6 Å². The van der Waals surface area contributed by atoms with Gasteiger partial charge in [-0.2, -0.15) is 0 Å². The van der Waals surface area contributed by atoms with E-state index >= 15 is 0 Å². The van der Waals surface area contributed by atoms with E-state index in [9.17, 15) is 8.78 Å². The van der Waals surface area contributed by atoms with Crippen molar-refractivity contribution in [1.82, 2.24) is 5.32 Å². The van der Waals surface area contributed by atoms with E-state index in [2.05, 4.69) is 5.32 Å². The lowest BCUT2D eigenvalue weighted by Crippen LogP contribution is -2.24. The SMILES string of the molecule is COCc1cc(C(C)NCC(F)F)ccc1OC. The third-order valence-electron chi connectivity index (χ3n) is 2.68. The summed E-state index contributed by atoms with van der Waals surface area (Å²) in [6, 6.07) is 5.46. The lowest BCUT2D eigenvalue weighted by Gasteiger charge is -2.16. The summed E-state index contributed by atoms with van der Waals surface area (Å²) in [7, 11) is 3.19. The third-order valence-corrected chi connectivity index (χ3v) is 2.68. The van der Waals surface area contributed by atoms with E-state index in [1.165, 1.54) is 0 Å². The van der Waals surface area contributed by atoms with Crippen LogP contribution in [-0.2, 0) is 11.3 Å². The summed E-state index contributed by atoms with van der Waals surface area (Å²) >= 11 is 0. The molecule has 3 nitrogen and oxygen atoms in total. The highest BCUT2D eigenvalue weighted by Gasteiger charge is 2.11. The van der Waals surface area contributed by atoms with Crippen molar-refractivity contribution in [2.24, 2.45) is 0 Å². The predicted octanol–water partition coefficient (Wildman–Crippen LogP) is 2.76. The van der Waals surface area contributed by atoms with Gasteiger partial charge in [-0.1, -0.05) is 6.07 Å². The Labute approximate surface area is 106 Å². The van der Waals surface area contributed by atoms with Gasteiger partial charge in [-0.05, 0) is 24.6 Å². The molecule has 1 rings (SSSR count). The maximum absolute atomic E-state index is 12.1. The average molecular weight is 259 g/mol. The van der Waals surface area contributed by atoms with Crippen molar-refractivity contribution >= 4 is 0 Å². The third kappa shape index (κ3) is 4.23. The molecular formula is C13H19F2NO2. The van der Waals surface area contributed by atoms with Crippen LogP contribution >= 0.6 is 0 Å². The number of hydrogen-bond acceptors (Lipinski definition) is 3. The van der Waals surface area contributed by atoms with Crippen LogP contribution in [0.25, 0.3) is 0 Å². The second-order valence-corrected chi connectivity index (χ2v) is 4.03. The summed E-state index contributed by atoms with van der Waals surface area (Å²) in [6.45, 7) is 1.96. The van der Waals surface area contributed by atoms with Crippen LogP contribution in [0.4, 0.5) is 8.78 Å². The highest BCUT2D eigenvalue weighted by atomic mass is 19.3. The Hall–Kier alpha value is -1.20. The number of benzene rings is 1. The Balaban J connectivity index is 2.79. The van der Waals surface area contributed by atoms with Crippen molar-refractivity contribution in [1.29, 1.82) is 0 Å². The highest BCUT2D eigenvalue weighted by Crippen LogP contribution is 2.24. The second-order valence-electron chi connectivity index (χ2n) is 4.03. The number of hydrogen-bond donors (Lipinski definition) is 1. The summed E-state index contributed by atoms with van der Waals surface area (Å²) in [4.78, 5) is 0. The van der Waals surface area contributed by atoms with E-state index in [4.69, 9.17) is 9.47 Å². The van der Waals surface area contributed by atoms with Crippen LogP contribution in [0.5, 0.6) is 5.75 Å². The lowest BCUT2D eigenvalue weighted by atomic mass is 10.0. The smallest absolute Gasteiger partial charge is 0.250 e. The minimum absolute atomic E-state index is 0.138. The first-order valence-corrected chi connectivity index (χ1v) is 5.75. The number of halogens is 2. The summed E-state index contributed by atoms with van der Waals surface area (Å²) < 4.78 is 34.5. The van der Waals surface area contributed by atoms with Gasteiger partial charge in [0.15, 0.2) is 0 Å². The molecule has 0 saturated carbocycles. The topological polar surface area (TPSA) is 30.5 Å². The molecule has 0 aliphatic heterocycles. The Morgan fingerprint density at radius 1 is 1.28 bits per heavy atom. The maximum Gasteiger partial charge on any atom is 0.250 e. The number of ether oxygens (including phenoxy) is 2. The van der Waals surface area contributed by atoms with Crippen molar-refractivity contribution in [3.63, 3.8) is 0 Å². The quantitative estimate of drug-likeness (QED) is 0.816. The van der Waals surface area contributed by atoms with Crippen molar-refractivity contribution in [3.8, 4) is 5.75 Å². The molecule has 0 amide bonds. The van der Waals surface area contributed by atoms with Gasteiger partial charge in [-0.25, -0.2) is 8.78 Å². The summed E-state index contributed by atoms with van der Waals surface area (Å²) in [5.41, 5.74) is 1.84. The predicted molar refractivity (Wildman–Crippen MR) is 66.1 cm³/mol. The van der Waals surface area contributed by atoms with Crippen molar-refractivity contribution in [2.45, 2.75) is 26.0 Å². The molecule has 0 aromatic heterocycles. The van der Waals surface area contributed by atoms with Gasteiger partial charge < -0.3 is 14.8 Å².